The van der Waals surface area contributed by atoms with Gasteiger partial charge in [0.05, 0.1) is 38.6 Å². The molecule has 0 aliphatic carbocycles. The molecule has 68 heavy (non-hydrogen) atoms. The van der Waals surface area contributed by atoms with Gasteiger partial charge in [-0.15, -0.1) is 0 Å². The normalized spacial score (nSPS) is 52.6. The third kappa shape index (κ3) is 11.4. The number of carbonyl (C=O) groups is 1. The molecule has 1 unspecified atom stereocenters. The maximum atomic E-state index is 13.0. The molecule has 6 saturated heterocycles. The summed E-state index contributed by atoms with van der Waals surface area (Å²) in [6.45, 7) is -0.322. The van der Waals surface area contributed by atoms with Crippen molar-refractivity contribution in [1.82, 2.24) is 5.32 Å². The molecule has 396 valence electrons. The number of aliphatic hydroxyl groups excluding tert-OH is 17. The second-order valence-corrected chi connectivity index (χ2v) is 17.5. The molecule has 6 aliphatic rings. The number of carbonyl (C=O) groups excluding carboxylic acids is 1. The Morgan fingerprint density at radius 3 is 1.26 bits per heavy atom. The molecule has 1 amide bonds. The van der Waals surface area contributed by atoms with E-state index in [4.69, 9.17) is 52.1 Å². The van der Waals surface area contributed by atoms with Gasteiger partial charge in [-0.25, -0.2) is 0 Å². The summed E-state index contributed by atoms with van der Waals surface area (Å²) in [5, 5.41) is 183. The fourth-order valence-electron chi connectivity index (χ4n) is 8.79. The number of nitrogens with one attached hydrogen (secondary N) is 1. The lowest BCUT2D eigenvalue weighted by molar-refractivity contribution is -0.400. The van der Waals surface area contributed by atoms with Gasteiger partial charge >= 0.3 is 0 Å². The van der Waals surface area contributed by atoms with E-state index in [9.17, 15) is 91.6 Å². The molecule has 30 nitrogen and oxygen atoms in total. The highest BCUT2D eigenvalue weighted by Gasteiger charge is 2.59. The molecule has 0 aromatic carbocycles. The number of ether oxygens (including phenoxy) is 11. The zero-order chi connectivity index (χ0) is 50.2. The van der Waals surface area contributed by atoms with Crippen LogP contribution in [-0.4, -0.2) is 303 Å². The van der Waals surface area contributed by atoms with Crippen LogP contribution in [0.4, 0.5) is 0 Å². The van der Waals surface area contributed by atoms with Crippen molar-refractivity contribution in [3.8, 4) is 0 Å². The van der Waals surface area contributed by atoms with Crippen LogP contribution in [0.3, 0.4) is 0 Å². The molecule has 0 spiro atoms. The van der Waals surface area contributed by atoms with E-state index in [1.165, 1.54) is 13.8 Å². The number of aliphatic hydroxyl groups is 17. The van der Waals surface area contributed by atoms with Crippen LogP contribution in [0.5, 0.6) is 0 Å². The maximum absolute atomic E-state index is 13.0. The van der Waals surface area contributed by atoms with E-state index >= 15 is 0 Å². The summed E-state index contributed by atoms with van der Waals surface area (Å²) in [5.41, 5.74) is 0. The van der Waals surface area contributed by atoms with Gasteiger partial charge in [-0.2, -0.15) is 0 Å². The Morgan fingerprint density at radius 2 is 0.750 bits per heavy atom. The van der Waals surface area contributed by atoms with Gasteiger partial charge in [-0.05, 0) is 13.8 Å². The fourth-order valence-corrected chi connectivity index (χ4v) is 8.79. The van der Waals surface area contributed by atoms with Crippen LogP contribution in [-0.2, 0) is 56.9 Å². The second kappa shape index (κ2) is 23.5. The molecule has 0 bridgehead atoms. The van der Waals surface area contributed by atoms with Gasteiger partial charge < -0.3 is 144 Å². The lowest BCUT2D eigenvalue weighted by Crippen LogP contribution is -2.71. The molecular formula is C38H65NO29. The summed E-state index contributed by atoms with van der Waals surface area (Å²) in [4.78, 5) is 13.0. The average molecular weight is 1000 g/mol. The highest BCUT2D eigenvalue weighted by atomic mass is 16.8. The van der Waals surface area contributed by atoms with Crippen LogP contribution >= 0.6 is 0 Å². The smallest absolute Gasteiger partial charge is 0.217 e. The lowest BCUT2D eigenvalue weighted by Gasteiger charge is -2.52. The highest BCUT2D eigenvalue weighted by Crippen LogP contribution is 2.38. The molecule has 0 radical (unpaired) electrons. The molecule has 30 atom stereocenters. The number of amides is 1. The summed E-state index contributed by atoms with van der Waals surface area (Å²) in [7, 11) is 0. The van der Waals surface area contributed by atoms with Crippen molar-refractivity contribution in [2.24, 2.45) is 0 Å². The minimum atomic E-state index is -2.16. The van der Waals surface area contributed by atoms with Gasteiger partial charge in [0.2, 0.25) is 5.91 Å². The van der Waals surface area contributed by atoms with Gasteiger partial charge in [-0.1, -0.05) is 0 Å². The van der Waals surface area contributed by atoms with Crippen LogP contribution in [0.1, 0.15) is 20.8 Å². The molecule has 0 aromatic heterocycles. The molecule has 30 heteroatoms. The Hall–Kier alpha value is -1.65. The number of hydrogen-bond acceptors (Lipinski definition) is 29. The first kappa shape index (κ1) is 55.7. The first-order valence-corrected chi connectivity index (χ1v) is 21.8. The number of rotatable bonds is 15. The number of hydrogen-bond donors (Lipinski definition) is 18. The van der Waals surface area contributed by atoms with Gasteiger partial charge in [0.1, 0.15) is 134 Å². The zero-order valence-electron chi connectivity index (χ0n) is 36.7. The van der Waals surface area contributed by atoms with E-state index in [0.29, 0.717) is 0 Å². The summed E-state index contributed by atoms with van der Waals surface area (Å²) in [6, 6.07) is -1.83. The van der Waals surface area contributed by atoms with Gasteiger partial charge in [0, 0.05) is 6.92 Å². The predicted octanol–water partition coefficient (Wildman–Crippen LogP) is -11.9. The summed E-state index contributed by atoms with van der Waals surface area (Å²) in [6.07, 6.45) is -53.5. The molecular weight excluding hydrogens is 934 g/mol. The van der Waals surface area contributed by atoms with Crippen molar-refractivity contribution in [3.63, 3.8) is 0 Å². The van der Waals surface area contributed by atoms with Crippen LogP contribution in [0.15, 0.2) is 0 Å². The summed E-state index contributed by atoms with van der Waals surface area (Å²) >= 11 is 0. The average Bonchev–Trinajstić information content (AvgIpc) is 3.31. The maximum Gasteiger partial charge on any atom is 0.217 e. The Labute approximate surface area is 386 Å². The monoisotopic (exact) mass is 999 g/mol. The molecule has 0 aromatic rings. The molecule has 6 aliphatic heterocycles. The van der Waals surface area contributed by atoms with E-state index in [1.807, 2.05) is 0 Å². The Bertz CT molecular complexity index is 1590. The van der Waals surface area contributed by atoms with E-state index in [1.54, 1.807) is 0 Å². The SMILES string of the molecule is CC(=O)N[C@H]1[C@H](O[C@@H]2[C@H](O)[C@@H](O)[C@H](O[C@H]3[C@H](O)[C@@H](O)C(O)O[C@@H]3CO)O[C@@H]2CO)O[C@H](CO)[C@@H](O[C@@H]2O[C@@H](C)[C@@H](O)[C@@H](O)[C@@H]2O)[C@@H]1O[C@@H]1O[C@H](CO)[C@H](O)[C@H](O)[C@H]1O[C@@H]1O[C@@H](C)[C@@H](O)[C@@H](O)[C@@H]1O. The molecule has 6 rings (SSSR count). The second-order valence-electron chi connectivity index (χ2n) is 17.5. The summed E-state index contributed by atoms with van der Waals surface area (Å²) in [5.74, 6) is -0.879. The van der Waals surface area contributed by atoms with E-state index < -0.39 is 217 Å². The van der Waals surface area contributed by atoms with Crippen LogP contribution in [0.25, 0.3) is 0 Å². The third-order valence-electron chi connectivity index (χ3n) is 12.8. The van der Waals surface area contributed by atoms with Gasteiger partial charge in [0.25, 0.3) is 0 Å². The van der Waals surface area contributed by atoms with E-state index in [-0.39, 0.29) is 0 Å². The Kier molecular flexibility index (Phi) is 19.2. The van der Waals surface area contributed by atoms with Gasteiger partial charge in [0.15, 0.2) is 37.7 Å². The Morgan fingerprint density at radius 1 is 0.382 bits per heavy atom. The van der Waals surface area contributed by atoms with Crippen molar-refractivity contribution >= 4 is 5.91 Å². The topological polar surface area (TPSA) is 475 Å². The molecule has 0 saturated carbocycles. The standard InChI is InChI=1S/C38H65NO29/c1-8-16(45)19(48)25(54)35(58-8)66-30-14(7-43)62-34(64-29-13(6-42)63-37(27(56)23(29)52)65-28-12(5-41)60-33(57)24(53)22(28)51)15(39-10(3)44)31(30)67-38-32(21(50)18(47)11(4-40)61-38)68-36-26(55)20(49)17(46)9(2)59-36/h8-9,11-38,40-43,45-57H,4-7H2,1-3H3,(H,39,44)/t8-,9-,11+,12+,13+,14+,15+,16+,17+,18-,19+,20+,21-,22+,23+,24+,25-,26-,27+,28+,29-,30+,31+,32+,33?,34-,35-,36-,37-,38-/m0/s1. The van der Waals surface area contributed by atoms with Crippen molar-refractivity contribution in [3.05, 3.63) is 0 Å². The lowest BCUT2D eigenvalue weighted by atomic mass is 9.93. The third-order valence-corrected chi connectivity index (χ3v) is 12.8. The molecule has 6 heterocycles. The quantitative estimate of drug-likeness (QED) is 0.0724. The van der Waals surface area contributed by atoms with E-state index in [0.717, 1.165) is 6.92 Å². The predicted molar refractivity (Wildman–Crippen MR) is 208 cm³/mol. The molecule has 6 fully saturated rings. The van der Waals surface area contributed by atoms with Crippen LogP contribution < -0.4 is 5.32 Å². The van der Waals surface area contributed by atoms with Gasteiger partial charge in [-0.3, -0.25) is 4.79 Å². The Balaban J connectivity index is 1.35. The fraction of sp³-hybridized carbons (Fsp3) is 0.974. The minimum Gasteiger partial charge on any atom is -0.394 e. The minimum absolute atomic E-state index is 0.879. The highest BCUT2D eigenvalue weighted by molar-refractivity contribution is 5.73. The van der Waals surface area contributed by atoms with Crippen LogP contribution in [0, 0.1) is 0 Å². The largest absolute Gasteiger partial charge is 0.394 e. The van der Waals surface area contributed by atoms with Crippen molar-refractivity contribution in [2.75, 3.05) is 26.4 Å². The van der Waals surface area contributed by atoms with Crippen molar-refractivity contribution < 1.29 is 144 Å². The summed E-state index contributed by atoms with van der Waals surface area (Å²) < 4.78 is 63.9. The zero-order valence-corrected chi connectivity index (χ0v) is 36.7. The first-order valence-electron chi connectivity index (χ1n) is 21.8. The van der Waals surface area contributed by atoms with Crippen molar-refractivity contribution in [1.29, 1.82) is 0 Å². The van der Waals surface area contributed by atoms with E-state index in [2.05, 4.69) is 5.32 Å². The first-order chi connectivity index (χ1) is 32.1. The van der Waals surface area contributed by atoms with Crippen LogP contribution in [0.2, 0.25) is 0 Å². The van der Waals surface area contributed by atoms with Crippen molar-refractivity contribution in [2.45, 2.75) is 205 Å². The molecule has 18 N–H and O–H groups in total.